The second-order valence-corrected chi connectivity index (χ2v) is 16.2. The van der Waals surface area contributed by atoms with Gasteiger partial charge >= 0.3 is 6.09 Å². The van der Waals surface area contributed by atoms with Gasteiger partial charge in [-0.15, -0.1) is 0 Å². The van der Waals surface area contributed by atoms with Crippen LogP contribution in [0, 0.1) is 0 Å². The van der Waals surface area contributed by atoms with Crippen LogP contribution in [0.3, 0.4) is 0 Å². The second kappa shape index (κ2) is 12.1. The van der Waals surface area contributed by atoms with Crippen LogP contribution >= 0.6 is 0 Å². The van der Waals surface area contributed by atoms with Crippen LogP contribution in [0.25, 0.3) is 0 Å². The zero-order valence-corrected chi connectivity index (χ0v) is 25.4. The Morgan fingerprint density at radius 3 is 1.87 bits per heavy atom. The van der Waals surface area contributed by atoms with Crippen LogP contribution < -0.4 is 9.16 Å². The summed E-state index contributed by atoms with van der Waals surface area (Å²) in [5.41, 5.74) is 1.12. The number of Topliss-reactive ketones (excluding diaryl/α,β-unsaturated/α-hetero) is 1. The van der Waals surface area contributed by atoms with Crippen LogP contribution in [0.2, 0.25) is 18.1 Å². The molecule has 0 N–H and O–H groups in total. The maximum atomic E-state index is 13.6. The number of hydrogen-bond acceptors (Lipinski definition) is 5. The molecule has 0 aliphatic rings. The molecule has 1 unspecified atom stereocenters. The molecule has 0 saturated carbocycles. The van der Waals surface area contributed by atoms with Crippen LogP contribution in [-0.4, -0.2) is 32.2 Å². The molecule has 6 nitrogen and oxygen atoms in total. The number of benzene rings is 3. The van der Waals surface area contributed by atoms with Crippen molar-refractivity contribution in [2.45, 2.75) is 71.4 Å². The minimum absolute atomic E-state index is 0.0528. The number of rotatable bonds is 10. The van der Waals surface area contributed by atoms with Crippen molar-refractivity contribution < 1.29 is 23.5 Å². The van der Waals surface area contributed by atoms with Gasteiger partial charge in [-0.25, -0.2) is 4.79 Å². The van der Waals surface area contributed by atoms with Crippen LogP contribution in [0.1, 0.15) is 51.3 Å². The number of amides is 1. The standard InChI is InChI=1S/C32H41NO5Si/c1-24(34)32(5,27-16-20-29(21-17-27)38-39(7,8)31(2,3)4)33(22-25-14-18-28(36-6)19-15-25)30(35)37-23-26-12-10-9-11-13-26/h9-21H,22-23H2,1-8H3. The fourth-order valence-electron chi connectivity index (χ4n) is 3.96. The fraction of sp³-hybridized carbons (Fsp3) is 0.375. The molecule has 39 heavy (non-hydrogen) atoms. The van der Waals surface area contributed by atoms with Crippen molar-refractivity contribution in [2.24, 2.45) is 0 Å². The van der Waals surface area contributed by atoms with Crippen molar-refractivity contribution in [1.29, 1.82) is 0 Å². The van der Waals surface area contributed by atoms with Gasteiger partial charge in [-0.05, 0) is 72.9 Å². The van der Waals surface area contributed by atoms with Gasteiger partial charge in [0.25, 0.3) is 0 Å². The summed E-state index contributed by atoms with van der Waals surface area (Å²) in [6, 6.07) is 24.4. The van der Waals surface area contributed by atoms with Gasteiger partial charge in [-0.3, -0.25) is 9.69 Å². The molecule has 0 fully saturated rings. The number of carbonyl (C=O) groups is 2. The molecule has 1 atom stereocenters. The molecule has 0 bridgehead atoms. The van der Waals surface area contributed by atoms with E-state index in [1.165, 1.54) is 11.8 Å². The molecule has 1 amide bonds. The summed E-state index contributed by atoms with van der Waals surface area (Å²) in [6.07, 6.45) is -0.575. The van der Waals surface area contributed by atoms with E-state index in [2.05, 4.69) is 33.9 Å². The number of methoxy groups -OCH3 is 1. The van der Waals surface area contributed by atoms with Crippen LogP contribution in [0.4, 0.5) is 4.79 Å². The maximum absolute atomic E-state index is 13.6. The molecule has 208 valence electrons. The highest BCUT2D eigenvalue weighted by Crippen LogP contribution is 2.38. The van der Waals surface area contributed by atoms with E-state index in [-0.39, 0.29) is 24.0 Å². The van der Waals surface area contributed by atoms with Crippen molar-refractivity contribution >= 4 is 20.2 Å². The maximum Gasteiger partial charge on any atom is 0.411 e. The van der Waals surface area contributed by atoms with Gasteiger partial charge in [0, 0.05) is 0 Å². The summed E-state index contributed by atoms with van der Waals surface area (Å²) >= 11 is 0. The van der Waals surface area contributed by atoms with E-state index in [0.29, 0.717) is 11.3 Å². The van der Waals surface area contributed by atoms with Crippen molar-refractivity contribution in [2.75, 3.05) is 7.11 Å². The lowest BCUT2D eigenvalue weighted by atomic mass is 9.86. The Morgan fingerprint density at radius 1 is 0.795 bits per heavy atom. The van der Waals surface area contributed by atoms with Gasteiger partial charge in [0.2, 0.25) is 8.32 Å². The first-order valence-corrected chi connectivity index (χ1v) is 16.1. The van der Waals surface area contributed by atoms with E-state index in [9.17, 15) is 9.59 Å². The van der Waals surface area contributed by atoms with Gasteiger partial charge in [-0.2, -0.15) is 0 Å². The van der Waals surface area contributed by atoms with Gasteiger partial charge < -0.3 is 13.9 Å². The SMILES string of the molecule is COc1ccc(CN(C(=O)OCc2ccccc2)C(C)(C(C)=O)c2ccc(O[Si](C)(C)C(C)(C)C)cc2)cc1. The van der Waals surface area contributed by atoms with E-state index in [4.69, 9.17) is 13.9 Å². The Morgan fingerprint density at radius 2 is 1.36 bits per heavy atom. The Kier molecular flexibility index (Phi) is 9.28. The third-order valence-corrected chi connectivity index (χ3v) is 12.1. The van der Waals surface area contributed by atoms with Crippen molar-refractivity contribution in [3.05, 3.63) is 95.6 Å². The molecule has 0 spiro atoms. The van der Waals surface area contributed by atoms with E-state index < -0.39 is 19.9 Å². The van der Waals surface area contributed by atoms with Gasteiger partial charge in [0.1, 0.15) is 23.6 Å². The molecule has 0 saturated heterocycles. The summed E-state index contributed by atoms with van der Waals surface area (Å²) in [4.78, 5) is 28.5. The zero-order chi connectivity index (χ0) is 28.8. The summed E-state index contributed by atoms with van der Waals surface area (Å²) in [6.45, 7) is 14.5. The number of carbonyl (C=O) groups excluding carboxylic acids is 2. The first-order chi connectivity index (χ1) is 18.3. The predicted octanol–water partition coefficient (Wildman–Crippen LogP) is 7.72. The van der Waals surface area contributed by atoms with E-state index in [1.54, 1.807) is 14.0 Å². The normalized spacial score (nSPS) is 13.2. The first kappa shape index (κ1) is 30.0. The van der Waals surface area contributed by atoms with Gasteiger partial charge in [0.15, 0.2) is 5.78 Å². The zero-order valence-electron chi connectivity index (χ0n) is 24.4. The second-order valence-electron chi connectivity index (χ2n) is 11.5. The Bertz CT molecular complexity index is 1250. The van der Waals surface area contributed by atoms with E-state index >= 15 is 0 Å². The highest BCUT2D eigenvalue weighted by molar-refractivity contribution is 6.74. The minimum Gasteiger partial charge on any atom is -0.544 e. The Hall–Kier alpha value is -3.58. The molecule has 0 aromatic heterocycles. The minimum atomic E-state index is -2.03. The monoisotopic (exact) mass is 547 g/mol. The molecule has 7 heteroatoms. The summed E-state index contributed by atoms with van der Waals surface area (Å²) in [5, 5.41) is 0.0528. The lowest BCUT2D eigenvalue weighted by Crippen LogP contribution is -2.51. The van der Waals surface area contributed by atoms with Crippen molar-refractivity contribution in [3.63, 3.8) is 0 Å². The number of ether oxygens (including phenoxy) is 2. The van der Waals surface area contributed by atoms with Gasteiger partial charge in [-0.1, -0.05) is 75.4 Å². The summed E-state index contributed by atoms with van der Waals surface area (Å²) in [5.74, 6) is 1.29. The molecule has 0 heterocycles. The van der Waals surface area contributed by atoms with Crippen molar-refractivity contribution in [3.8, 4) is 11.5 Å². The number of hydrogen-bond donors (Lipinski definition) is 0. The molecule has 0 aliphatic carbocycles. The first-order valence-electron chi connectivity index (χ1n) is 13.2. The Balaban J connectivity index is 1.97. The molecule has 3 aromatic carbocycles. The van der Waals surface area contributed by atoms with Crippen LogP contribution in [-0.2, 0) is 28.2 Å². The van der Waals surface area contributed by atoms with Crippen LogP contribution in [0.5, 0.6) is 11.5 Å². The summed E-state index contributed by atoms with van der Waals surface area (Å²) < 4.78 is 17.5. The largest absolute Gasteiger partial charge is 0.544 e. The van der Waals surface area contributed by atoms with Crippen LogP contribution in [0.15, 0.2) is 78.9 Å². The molecular formula is C32H41NO5Si. The fourth-order valence-corrected chi connectivity index (χ4v) is 4.99. The third-order valence-electron chi connectivity index (χ3n) is 7.75. The Labute approximate surface area is 234 Å². The topological polar surface area (TPSA) is 65.1 Å². The third kappa shape index (κ3) is 7.09. The predicted molar refractivity (Wildman–Crippen MR) is 157 cm³/mol. The lowest BCUT2D eigenvalue weighted by Gasteiger charge is -2.40. The molecule has 0 aliphatic heterocycles. The lowest BCUT2D eigenvalue weighted by molar-refractivity contribution is -0.128. The average Bonchev–Trinajstić information content (AvgIpc) is 2.90. The number of ketones is 1. The quantitative estimate of drug-likeness (QED) is 0.243. The van der Waals surface area contributed by atoms with Gasteiger partial charge in [0.05, 0.1) is 13.7 Å². The van der Waals surface area contributed by atoms with E-state index in [1.807, 2.05) is 78.9 Å². The molecule has 3 rings (SSSR count). The highest BCUT2D eigenvalue weighted by Gasteiger charge is 2.43. The van der Waals surface area contributed by atoms with E-state index in [0.717, 1.165) is 16.9 Å². The average molecular weight is 548 g/mol. The number of nitrogens with zero attached hydrogens (tertiary/aromatic N) is 1. The summed E-state index contributed by atoms with van der Waals surface area (Å²) in [7, 11) is -0.429. The molecule has 0 radical (unpaired) electrons. The molecule has 3 aromatic rings. The highest BCUT2D eigenvalue weighted by atomic mass is 28.4. The van der Waals surface area contributed by atoms with Crippen molar-refractivity contribution in [1.82, 2.24) is 4.90 Å². The smallest absolute Gasteiger partial charge is 0.411 e. The molecular weight excluding hydrogens is 506 g/mol.